The number of rotatable bonds is 4. The molecule has 0 bridgehead atoms. The lowest BCUT2D eigenvalue weighted by Gasteiger charge is -2.27. The van der Waals surface area contributed by atoms with Crippen LogP contribution in [0.15, 0.2) is 30.3 Å². The second kappa shape index (κ2) is 8.06. The number of nitrogens with one attached hydrogen (secondary N) is 1. The van der Waals surface area contributed by atoms with Gasteiger partial charge in [-0.15, -0.1) is 0 Å². The molecular formula is C18H28N2O. The average molecular weight is 288 g/mol. The van der Waals surface area contributed by atoms with E-state index in [2.05, 4.69) is 49.5 Å². The minimum absolute atomic E-state index is 0.117. The van der Waals surface area contributed by atoms with E-state index in [4.69, 9.17) is 0 Å². The molecule has 0 aliphatic carbocycles. The topological polar surface area (TPSA) is 32.3 Å². The Bertz CT molecular complexity index is 428. The molecule has 0 aromatic heterocycles. The molecule has 116 valence electrons. The number of likely N-dealkylation sites (tertiary alicyclic amines) is 1. The maximum absolute atomic E-state index is 12.5. The summed E-state index contributed by atoms with van der Waals surface area (Å²) < 4.78 is 0. The van der Waals surface area contributed by atoms with Crippen LogP contribution in [-0.4, -0.2) is 30.1 Å². The van der Waals surface area contributed by atoms with Gasteiger partial charge >= 0.3 is 6.03 Å². The maximum Gasteiger partial charge on any atom is 0.317 e. The first-order valence-electron chi connectivity index (χ1n) is 8.35. The van der Waals surface area contributed by atoms with E-state index in [0.29, 0.717) is 12.0 Å². The van der Waals surface area contributed by atoms with Gasteiger partial charge < -0.3 is 10.2 Å². The van der Waals surface area contributed by atoms with Crippen molar-refractivity contribution in [2.75, 3.05) is 13.1 Å². The van der Waals surface area contributed by atoms with Gasteiger partial charge in [0.25, 0.3) is 0 Å². The van der Waals surface area contributed by atoms with E-state index in [1.807, 2.05) is 4.90 Å². The highest BCUT2D eigenvalue weighted by Crippen LogP contribution is 2.26. The monoisotopic (exact) mass is 288 g/mol. The van der Waals surface area contributed by atoms with Crippen LogP contribution in [0.4, 0.5) is 4.79 Å². The lowest BCUT2D eigenvalue weighted by Crippen LogP contribution is -2.45. The molecule has 1 saturated heterocycles. The van der Waals surface area contributed by atoms with Gasteiger partial charge in [-0.25, -0.2) is 4.79 Å². The van der Waals surface area contributed by atoms with Crippen molar-refractivity contribution in [3.63, 3.8) is 0 Å². The quantitative estimate of drug-likeness (QED) is 0.886. The molecule has 1 aliphatic rings. The third-order valence-electron chi connectivity index (χ3n) is 4.54. The second-order valence-corrected chi connectivity index (χ2v) is 6.01. The zero-order valence-electron chi connectivity index (χ0n) is 13.3. The SMILES string of the molecule is CCC(CC)NC(=O)N1CCCCC(c2ccccc2)C1. The van der Waals surface area contributed by atoms with Gasteiger partial charge in [-0.1, -0.05) is 50.6 Å². The highest BCUT2D eigenvalue weighted by atomic mass is 16.2. The van der Waals surface area contributed by atoms with E-state index in [1.54, 1.807) is 0 Å². The molecule has 1 heterocycles. The van der Waals surface area contributed by atoms with Crippen LogP contribution in [0.3, 0.4) is 0 Å². The van der Waals surface area contributed by atoms with E-state index < -0.39 is 0 Å². The lowest BCUT2D eigenvalue weighted by molar-refractivity contribution is 0.192. The van der Waals surface area contributed by atoms with Gasteiger partial charge in [-0.2, -0.15) is 0 Å². The summed E-state index contributed by atoms with van der Waals surface area (Å²) in [7, 11) is 0. The van der Waals surface area contributed by atoms with Gasteiger partial charge in [0.1, 0.15) is 0 Å². The van der Waals surface area contributed by atoms with Crippen molar-refractivity contribution in [2.45, 2.75) is 57.9 Å². The van der Waals surface area contributed by atoms with Crippen molar-refractivity contribution >= 4 is 6.03 Å². The molecule has 0 spiro atoms. The maximum atomic E-state index is 12.5. The lowest BCUT2D eigenvalue weighted by atomic mass is 9.94. The Balaban J connectivity index is 2.01. The first-order chi connectivity index (χ1) is 10.2. The Hall–Kier alpha value is -1.51. The summed E-state index contributed by atoms with van der Waals surface area (Å²) in [6.07, 6.45) is 5.49. The van der Waals surface area contributed by atoms with Crippen LogP contribution >= 0.6 is 0 Å². The van der Waals surface area contributed by atoms with Crippen molar-refractivity contribution in [2.24, 2.45) is 0 Å². The number of amides is 2. The fourth-order valence-corrected chi connectivity index (χ4v) is 3.08. The van der Waals surface area contributed by atoms with Crippen molar-refractivity contribution in [1.29, 1.82) is 0 Å². The van der Waals surface area contributed by atoms with Crippen molar-refractivity contribution in [3.8, 4) is 0 Å². The van der Waals surface area contributed by atoms with E-state index in [9.17, 15) is 4.79 Å². The number of carbonyl (C=O) groups is 1. The Kier molecular flexibility index (Phi) is 6.09. The first kappa shape index (κ1) is 15.9. The fraction of sp³-hybridized carbons (Fsp3) is 0.611. The van der Waals surface area contributed by atoms with Crippen molar-refractivity contribution < 1.29 is 4.79 Å². The number of urea groups is 1. The summed E-state index contributed by atoms with van der Waals surface area (Å²) in [5.41, 5.74) is 1.36. The molecule has 1 unspecified atom stereocenters. The molecule has 21 heavy (non-hydrogen) atoms. The molecule has 1 atom stereocenters. The molecule has 2 amide bonds. The van der Waals surface area contributed by atoms with Gasteiger partial charge in [0, 0.05) is 25.0 Å². The van der Waals surface area contributed by atoms with Crippen LogP contribution in [0.5, 0.6) is 0 Å². The van der Waals surface area contributed by atoms with E-state index >= 15 is 0 Å². The van der Waals surface area contributed by atoms with Crippen LogP contribution in [0, 0.1) is 0 Å². The van der Waals surface area contributed by atoms with Crippen LogP contribution in [-0.2, 0) is 0 Å². The number of benzene rings is 1. The molecule has 0 radical (unpaired) electrons. The van der Waals surface area contributed by atoms with Gasteiger partial charge in [0.15, 0.2) is 0 Å². The standard InChI is InChI=1S/C18H28N2O/c1-3-17(4-2)19-18(21)20-13-9-8-12-16(14-20)15-10-6-5-7-11-15/h5-7,10-11,16-17H,3-4,8-9,12-14H2,1-2H3,(H,19,21). The van der Waals surface area contributed by atoms with Gasteiger partial charge in [0.05, 0.1) is 0 Å². The second-order valence-electron chi connectivity index (χ2n) is 6.01. The summed E-state index contributed by atoms with van der Waals surface area (Å²) in [6.45, 7) is 5.98. The molecule has 1 aliphatic heterocycles. The van der Waals surface area contributed by atoms with Gasteiger partial charge in [-0.3, -0.25) is 0 Å². The third-order valence-corrected chi connectivity index (χ3v) is 4.54. The summed E-state index contributed by atoms with van der Waals surface area (Å²) >= 11 is 0. The number of nitrogens with zero attached hydrogens (tertiary/aromatic N) is 1. The molecule has 1 aromatic carbocycles. The third kappa shape index (κ3) is 4.48. The zero-order chi connectivity index (χ0) is 15.1. The van der Waals surface area contributed by atoms with Crippen molar-refractivity contribution in [1.82, 2.24) is 10.2 Å². The molecule has 1 N–H and O–H groups in total. The Morgan fingerprint density at radius 1 is 1.24 bits per heavy atom. The van der Waals surface area contributed by atoms with Crippen LogP contribution < -0.4 is 5.32 Å². The summed E-state index contributed by atoms with van der Waals surface area (Å²) in [4.78, 5) is 14.5. The molecule has 3 nitrogen and oxygen atoms in total. The van der Waals surface area contributed by atoms with Gasteiger partial charge in [0.2, 0.25) is 0 Å². The Labute approximate surface area is 128 Å². The smallest absolute Gasteiger partial charge is 0.317 e. The number of hydrogen-bond donors (Lipinski definition) is 1. The number of carbonyl (C=O) groups excluding carboxylic acids is 1. The predicted octanol–water partition coefficient (Wildman–Crippen LogP) is 4.15. The molecular weight excluding hydrogens is 260 g/mol. The molecule has 1 fully saturated rings. The molecule has 3 heteroatoms. The van der Waals surface area contributed by atoms with E-state index in [0.717, 1.165) is 32.4 Å². The predicted molar refractivity (Wildman–Crippen MR) is 87.5 cm³/mol. The van der Waals surface area contributed by atoms with Gasteiger partial charge in [-0.05, 0) is 31.2 Å². The average Bonchev–Trinajstić information content (AvgIpc) is 2.79. The molecule has 0 saturated carbocycles. The van der Waals surface area contributed by atoms with Crippen LogP contribution in [0.25, 0.3) is 0 Å². The van der Waals surface area contributed by atoms with Crippen LogP contribution in [0.2, 0.25) is 0 Å². The highest BCUT2D eigenvalue weighted by molar-refractivity contribution is 5.74. The molecule has 2 rings (SSSR count). The van der Waals surface area contributed by atoms with Crippen molar-refractivity contribution in [3.05, 3.63) is 35.9 Å². The summed E-state index contributed by atoms with van der Waals surface area (Å²) in [6, 6.07) is 11.0. The van der Waals surface area contributed by atoms with Crippen LogP contribution in [0.1, 0.15) is 57.4 Å². The Morgan fingerprint density at radius 2 is 1.95 bits per heavy atom. The largest absolute Gasteiger partial charge is 0.335 e. The minimum Gasteiger partial charge on any atom is -0.335 e. The van der Waals surface area contributed by atoms with E-state index in [1.165, 1.54) is 18.4 Å². The normalized spacial score (nSPS) is 19.4. The highest BCUT2D eigenvalue weighted by Gasteiger charge is 2.23. The fourth-order valence-electron chi connectivity index (χ4n) is 3.08. The Morgan fingerprint density at radius 3 is 2.62 bits per heavy atom. The van der Waals surface area contributed by atoms with E-state index in [-0.39, 0.29) is 6.03 Å². The molecule has 1 aromatic rings. The zero-order valence-corrected chi connectivity index (χ0v) is 13.3. The first-order valence-corrected chi connectivity index (χ1v) is 8.35. The summed E-state index contributed by atoms with van der Waals surface area (Å²) in [5.74, 6) is 0.473. The minimum atomic E-state index is 0.117. The summed E-state index contributed by atoms with van der Waals surface area (Å²) in [5, 5.41) is 3.17. The number of hydrogen-bond acceptors (Lipinski definition) is 1.